The highest BCUT2D eigenvalue weighted by Gasteiger charge is 2.54. The van der Waals surface area contributed by atoms with Crippen LogP contribution >= 0.6 is 11.6 Å². The summed E-state index contributed by atoms with van der Waals surface area (Å²) in [5, 5.41) is 3.33. The lowest BCUT2D eigenvalue weighted by atomic mass is 10.0. The highest BCUT2D eigenvalue weighted by Crippen LogP contribution is 2.55. The average Bonchev–Trinajstić information content (AvgIpc) is 2.88. The standard InChI is InChI=1S/C11H16ClNO/c1-7(12)6-13-11(14)10-8-4-2-3-5-9(8)10/h8-10H,1-6H2,(H,13,14). The van der Waals surface area contributed by atoms with E-state index < -0.39 is 0 Å². The van der Waals surface area contributed by atoms with E-state index in [2.05, 4.69) is 11.9 Å². The van der Waals surface area contributed by atoms with E-state index in [9.17, 15) is 4.79 Å². The Morgan fingerprint density at radius 1 is 1.36 bits per heavy atom. The van der Waals surface area contributed by atoms with E-state index in [0.29, 0.717) is 23.4 Å². The van der Waals surface area contributed by atoms with Crippen LogP contribution < -0.4 is 5.32 Å². The van der Waals surface area contributed by atoms with Gasteiger partial charge in [-0.05, 0) is 24.7 Å². The molecule has 14 heavy (non-hydrogen) atoms. The fourth-order valence-corrected chi connectivity index (χ4v) is 2.75. The molecule has 2 fully saturated rings. The van der Waals surface area contributed by atoms with Crippen molar-refractivity contribution in [1.29, 1.82) is 0 Å². The normalized spacial score (nSPS) is 34.5. The van der Waals surface area contributed by atoms with Crippen LogP contribution in [0.5, 0.6) is 0 Å². The summed E-state index contributed by atoms with van der Waals surface area (Å²) in [7, 11) is 0. The van der Waals surface area contributed by atoms with Gasteiger partial charge < -0.3 is 5.32 Å². The van der Waals surface area contributed by atoms with Crippen LogP contribution in [0.3, 0.4) is 0 Å². The molecule has 78 valence electrons. The summed E-state index contributed by atoms with van der Waals surface area (Å²) in [6, 6.07) is 0. The molecule has 1 amide bonds. The second kappa shape index (κ2) is 3.93. The zero-order chi connectivity index (χ0) is 10.1. The molecule has 2 aliphatic rings. The quantitative estimate of drug-likeness (QED) is 0.766. The lowest BCUT2D eigenvalue weighted by molar-refractivity contribution is -0.122. The first-order chi connectivity index (χ1) is 6.70. The molecule has 2 saturated carbocycles. The Morgan fingerprint density at radius 3 is 2.43 bits per heavy atom. The molecule has 0 aromatic carbocycles. The molecule has 0 heterocycles. The van der Waals surface area contributed by atoms with Crippen LogP contribution in [0.15, 0.2) is 11.6 Å². The van der Waals surface area contributed by atoms with Crippen LogP contribution in [0.2, 0.25) is 0 Å². The van der Waals surface area contributed by atoms with Crippen molar-refractivity contribution in [2.24, 2.45) is 17.8 Å². The maximum atomic E-state index is 11.7. The maximum absolute atomic E-state index is 11.7. The predicted octanol–water partition coefficient (Wildman–Crippen LogP) is 2.29. The Morgan fingerprint density at radius 2 is 1.93 bits per heavy atom. The summed E-state index contributed by atoms with van der Waals surface area (Å²) in [6.07, 6.45) is 5.08. The van der Waals surface area contributed by atoms with E-state index in [1.165, 1.54) is 25.7 Å². The average molecular weight is 214 g/mol. The first-order valence-electron chi connectivity index (χ1n) is 5.31. The minimum atomic E-state index is 0.184. The van der Waals surface area contributed by atoms with Crippen molar-refractivity contribution < 1.29 is 4.79 Å². The number of hydrogen-bond donors (Lipinski definition) is 1. The van der Waals surface area contributed by atoms with E-state index >= 15 is 0 Å². The van der Waals surface area contributed by atoms with Crippen LogP contribution in [0, 0.1) is 17.8 Å². The van der Waals surface area contributed by atoms with E-state index in [-0.39, 0.29) is 11.8 Å². The summed E-state index contributed by atoms with van der Waals surface area (Å²) >= 11 is 5.59. The SMILES string of the molecule is C=C(Cl)CNC(=O)C1C2CCCCC21. The molecule has 0 saturated heterocycles. The fraction of sp³-hybridized carbons (Fsp3) is 0.727. The molecule has 3 heteroatoms. The number of rotatable bonds is 3. The summed E-state index contributed by atoms with van der Waals surface area (Å²) in [4.78, 5) is 11.7. The number of hydrogen-bond acceptors (Lipinski definition) is 1. The zero-order valence-corrected chi connectivity index (χ0v) is 9.02. The van der Waals surface area contributed by atoms with Crippen molar-refractivity contribution in [3.8, 4) is 0 Å². The molecule has 0 aliphatic heterocycles. The molecule has 2 unspecified atom stereocenters. The zero-order valence-electron chi connectivity index (χ0n) is 8.26. The lowest BCUT2D eigenvalue weighted by Crippen LogP contribution is -2.27. The number of carbonyl (C=O) groups excluding carboxylic acids is 1. The molecular formula is C11H16ClNO. The van der Waals surface area contributed by atoms with Gasteiger partial charge >= 0.3 is 0 Å². The Kier molecular flexibility index (Phi) is 2.82. The van der Waals surface area contributed by atoms with Gasteiger partial charge in [0.05, 0.1) is 6.54 Å². The van der Waals surface area contributed by atoms with Gasteiger partial charge in [-0.1, -0.05) is 31.0 Å². The monoisotopic (exact) mass is 213 g/mol. The molecule has 2 atom stereocenters. The Hall–Kier alpha value is -0.500. The van der Waals surface area contributed by atoms with E-state index in [0.717, 1.165) is 0 Å². The third-order valence-corrected chi connectivity index (χ3v) is 3.55. The van der Waals surface area contributed by atoms with Gasteiger partial charge in [0.25, 0.3) is 0 Å². The first-order valence-corrected chi connectivity index (χ1v) is 5.69. The molecule has 0 bridgehead atoms. The molecule has 0 aromatic rings. The van der Waals surface area contributed by atoms with Crippen LogP contribution in [0.1, 0.15) is 25.7 Å². The molecule has 1 N–H and O–H groups in total. The van der Waals surface area contributed by atoms with Gasteiger partial charge in [0.1, 0.15) is 0 Å². The first kappa shape index (κ1) is 10.0. The van der Waals surface area contributed by atoms with Gasteiger partial charge in [0, 0.05) is 11.0 Å². The Balaban J connectivity index is 1.79. The van der Waals surface area contributed by atoms with Crippen LogP contribution in [0.4, 0.5) is 0 Å². The predicted molar refractivity (Wildman–Crippen MR) is 56.9 cm³/mol. The molecule has 0 aromatic heterocycles. The molecule has 0 radical (unpaired) electrons. The van der Waals surface area contributed by atoms with Crippen molar-refractivity contribution in [1.82, 2.24) is 5.32 Å². The number of halogens is 1. The molecule has 0 spiro atoms. The molecule has 2 rings (SSSR count). The highest BCUT2D eigenvalue weighted by molar-refractivity contribution is 6.29. The van der Waals surface area contributed by atoms with Crippen molar-refractivity contribution in [3.05, 3.63) is 11.6 Å². The third-order valence-electron chi connectivity index (χ3n) is 3.41. The van der Waals surface area contributed by atoms with Gasteiger partial charge in [-0.25, -0.2) is 0 Å². The minimum Gasteiger partial charge on any atom is -0.351 e. The number of fused-ring (bicyclic) bond motifs is 1. The second-order valence-corrected chi connectivity index (χ2v) is 4.91. The highest BCUT2D eigenvalue weighted by atomic mass is 35.5. The van der Waals surface area contributed by atoms with E-state index in [4.69, 9.17) is 11.6 Å². The third kappa shape index (κ3) is 1.95. The van der Waals surface area contributed by atoms with Crippen LogP contribution in [-0.2, 0) is 4.79 Å². The van der Waals surface area contributed by atoms with Crippen LogP contribution in [-0.4, -0.2) is 12.5 Å². The van der Waals surface area contributed by atoms with Crippen molar-refractivity contribution >= 4 is 17.5 Å². The summed E-state index contributed by atoms with van der Waals surface area (Å²) < 4.78 is 0. The smallest absolute Gasteiger partial charge is 0.223 e. The Labute approximate surface area is 89.7 Å². The van der Waals surface area contributed by atoms with Crippen LogP contribution in [0.25, 0.3) is 0 Å². The fourth-order valence-electron chi connectivity index (χ4n) is 2.68. The molecule has 2 aliphatic carbocycles. The number of amides is 1. The number of nitrogens with one attached hydrogen (secondary N) is 1. The van der Waals surface area contributed by atoms with Gasteiger partial charge in [-0.15, -0.1) is 0 Å². The molecular weight excluding hydrogens is 198 g/mol. The Bertz CT molecular complexity index is 252. The summed E-state index contributed by atoms with van der Waals surface area (Å²) in [6.45, 7) is 3.96. The lowest BCUT2D eigenvalue weighted by Gasteiger charge is -2.04. The molecule has 2 nitrogen and oxygen atoms in total. The number of carbonyl (C=O) groups is 1. The summed E-state index contributed by atoms with van der Waals surface area (Å²) in [5.74, 6) is 1.82. The van der Waals surface area contributed by atoms with E-state index in [1.807, 2.05) is 0 Å². The van der Waals surface area contributed by atoms with Gasteiger partial charge in [-0.3, -0.25) is 4.79 Å². The van der Waals surface area contributed by atoms with Crippen molar-refractivity contribution in [2.75, 3.05) is 6.54 Å². The maximum Gasteiger partial charge on any atom is 0.223 e. The topological polar surface area (TPSA) is 29.1 Å². The summed E-state index contributed by atoms with van der Waals surface area (Å²) in [5.41, 5.74) is 0. The second-order valence-electron chi connectivity index (χ2n) is 4.37. The van der Waals surface area contributed by atoms with Gasteiger partial charge in [0.15, 0.2) is 0 Å². The largest absolute Gasteiger partial charge is 0.351 e. The van der Waals surface area contributed by atoms with E-state index in [1.54, 1.807) is 0 Å². The van der Waals surface area contributed by atoms with Crippen molar-refractivity contribution in [2.45, 2.75) is 25.7 Å². The van der Waals surface area contributed by atoms with Gasteiger partial charge in [-0.2, -0.15) is 0 Å². The van der Waals surface area contributed by atoms with Crippen molar-refractivity contribution in [3.63, 3.8) is 0 Å². The van der Waals surface area contributed by atoms with Gasteiger partial charge in [0.2, 0.25) is 5.91 Å². The minimum absolute atomic E-state index is 0.184.